The topological polar surface area (TPSA) is 29.3 Å². The molecule has 8 aromatic rings. The highest BCUT2D eigenvalue weighted by Crippen LogP contribution is 2.48. The van der Waals surface area contributed by atoms with E-state index in [-0.39, 0.29) is 0 Å². The van der Waals surface area contributed by atoms with Gasteiger partial charge in [0.25, 0.3) is 0 Å². The Morgan fingerprint density at radius 2 is 1.07 bits per heavy atom. The third kappa shape index (κ3) is 3.49. The first-order valence-corrected chi connectivity index (χ1v) is 13.5. The summed E-state index contributed by atoms with van der Waals surface area (Å²) < 4.78 is 6.75. The van der Waals surface area contributed by atoms with Gasteiger partial charge in [-0.05, 0) is 42.5 Å². The summed E-state index contributed by atoms with van der Waals surface area (Å²) in [6.45, 7) is 0. The second kappa shape index (κ2) is 9.11. The van der Waals surface area contributed by atoms with Gasteiger partial charge >= 0.3 is 0 Å². The van der Waals surface area contributed by atoms with Crippen molar-refractivity contribution in [3.8, 4) is 11.3 Å². The summed E-state index contributed by atoms with van der Waals surface area (Å²) in [5.41, 5.74) is 7.84. The third-order valence-electron chi connectivity index (χ3n) is 7.61. The van der Waals surface area contributed by atoms with Crippen molar-refractivity contribution in [3.05, 3.63) is 146 Å². The second-order valence-electron chi connectivity index (χ2n) is 9.97. The molecule has 0 saturated heterocycles. The van der Waals surface area contributed by atoms with E-state index < -0.39 is 0 Å². The summed E-state index contributed by atoms with van der Waals surface area (Å²) in [6, 6.07) is 50.5. The van der Waals surface area contributed by atoms with Crippen LogP contribution in [0.15, 0.2) is 150 Å². The van der Waals surface area contributed by atoms with Crippen molar-refractivity contribution in [2.75, 3.05) is 4.90 Å². The molecule has 2 heterocycles. The highest BCUT2D eigenvalue weighted by Gasteiger charge is 2.24. The summed E-state index contributed by atoms with van der Waals surface area (Å²) in [6.07, 6.45) is 0. The molecule has 0 fully saturated rings. The molecule has 188 valence electrons. The molecule has 0 aliphatic heterocycles. The normalized spacial score (nSPS) is 11.5. The lowest BCUT2D eigenvalue weighted by atomic mass is 9.95. The minimum atomic E-state index is 0.858. The molecule has 3 nitrogen and oxygen atoms in total. The molecule has 0 unspecified atom stereocenters. The maximum atomic E-state index is 6.75. The van der Waals surface area contributed by atoms with Crippen LogP contribution >= 0.6 is 0 Å². The zero-order chi connectivity index (χ0) is 26.5. The van der Waals surface area contributed by atoms with E-state index in [4.69, 9.17) is 9.40 Å². The Morgan fingerprint density at radius 1 is 0.500 bits per heavy atom. The predicted molar refractivity (Wildman–Crippen MR) is 167 cm³/mol. The third-order valence-corrected chi connectivity index (χ3v) is 7.61. The van der Waals surface area contributed by atoms with E-state index in [0.29, 0.717) is 0 Å². The highest BCUT2D eigenvalue weighted by molar-refractivity contribution is 6.30. The molecule has 0 atom stereocenters. The van der Waals surface area contributed by atoms with Crippen LogP contribution in [0.25, 0.3) is 54.9 Å². The van der Waals surface area contributed by atoms with Gasteiger partial charge in [-0.3, -0.25) is 0 Å². The van der Waals surface area contributed by atoms with Gasteiger partial charge in [0.1, 0.15) is 5.58 Å². The molecule has 6 aromatic carbocycles. The van der Waals surface area contributed by atoms with Gasteiger partial charge in [-0.25, -0.2) is 4.98 Å². The Hall–Kier alpha value is -5.41. The number of aromatic nitrogens is 1. The fourth-order valence-corrected chi connectivity index (χ4v) is 5.88. The van der Waals surface area contributed by atoms with Crippen LogP contribution in [0.1, 0.15) is 0 Å². The van der Waals surface area contributed by atoms with Gasteiger partial charge in [-0.1, -0.05) is 103 Å². The first kappa shape index (κ1) is 22.6. The van der Waals surface area contributed by atoms with E-state index >= 15 is 0 Å². The van der Waals surface area contributed by atoms with Gasteiger partial charge < -0.3 is 9.32 Å². The Balaban J connectivity index is 1.61. The minimum absolute atomic E-state index is 0.858. The van der Waals surface area contributed by atoms with Crippen molar-refractivity contribution in [1.82, 2.24) is 4.98 Å². The average Bonchev–Trinajstić information content (AvgIpc) is 3.42. The first-order chi connectivity index (χ1) is 19.9. The predicted octanol–water partition coefficient (Wildman–Crippen LogP) is 10.4. The Bertz CT molecular complexity index is 2110. The molecule has 0 aliphatic rings. The van der Waals surface area contributed by atoms with Crippen molar-refractivity contribution in [1.29, 1.82) is 0 Å². The van der Waals surface area contributed by atoms with Gasteiger partial charge in [-0.2, -0.15) is 0 Å². The molecule has 40 heavy (non-hydrogen) atoms. The summed E-state index contributed by atoms with van der Waals surface area (Å²) in [5, 5.41) is 5.58. The van der Waals surface area contributed by atoms with Crippen molar-refractivity contribution in [3.63, 3.8) is 0 Å². The van der Waals surface area contributed by atoms with E-state index in [0.717, 1.165) is 71.9 Å². The molecule has 0 bridgehead atoms. The number of fused-ring (bicyclic) bond motifs is 7. The number of anilines is 3. The van der Waals surface area contributed by atoms with Crippen LogP contribution in [0.3, 0.4) is 0 Å². The fourth-order valence-electron chi connectivity index (χ4n) is 5.88. The van der Waals surface area contributed by atoms with Crippen molar-refractivity contribution < 1.29 is 4.42 Å². The molecular weight excluding hydrogens is 488 g/mol. The summed E-state index contributed by atoms with van der Waals surface area (Å²) in [7, 11) is 0. The SMILES string of the molecule is c1ccc(-c2nc3ccccc3c3c2cc(N(c2ccccc2)c2ccccc2)c2oc4ccccc4c23)cc1. The molecule has 2 aromatic heterocycles. The van der Waals surface area contributed by atoms with Crippen LogP contribution in [0.4, 0.5) is 17.1 Å². The van der Waals surface area contributed by atoms with Gasteiger partial charge in [0.15, 0.2) is 5.58 Å². The molecule has 0 N–H and O–H groups in total. The Morgan fingerprint density at radius 3 is 1.77 bits per heavy atom. The van der Waals surface area contributed by atoms with E-state index in [1.807, 2.05) is 24.3 Å². The lowest BCUT2D eigenvalue weighted by Crippen LogP contribution is -2.10. The van der Waals surface area contributed by atoms with E-state index in [2.05, 4.69) is 126 Å². The average molecular weight is 513 g/mol. The number of rotatable bonds is 4. The smallest absolute Gasteiger partial charge is 0.160 e. The first-order valence-electron chi connectivity index (χ1n) is 13.5. The van der Waals surface area contributed by atoms with Gasteiger partial charge in [0, 0.05) is 43.9 Å². The molecular formula is C37H24N2O. The van der Waals surface area contributed by atoms with Crippen LogP contribution < -0.4 is 4.90 Å². The fraction of sp³-hybridized carbons (Fsp3) is 0. The van der Waals surface area contributed by atoms with Crippen LogP contribution in [0, 0.1) is 0 Å². The van der Waals surface area contributed by atoms with E-state index in [1.165, 1.54) is 0 Å². The molecule has 8 rings (SSSR count). The maximum absolute atomic E-state index is 6.75. The number of hydrogen-bond donors (Lipinski definition) is 0. The zero-order valence-electron chi connectivity index (χ0n) is 21.7. The van der Waals surface area contributed by atoms with Crippen LogP contribution in [0.5, 0.6) is 0 Å². The number of nitrogens with zero attached hydrogens (tertiary/aromatic N) is 2. The van der Waals surface area contributed by atoms with Crippen molar-refractivity contribution >= 4 is 60.7 Å². The standard InChI is InChI=1S/C37H24N2O/c1-4-14-25(15-5-1)36-30-24-32(39(26-16-6-2-7-17-26)27-18-8-3-9-19-27)37-35(29-21-11-13-23-33(29)40-37)34(30)28-20-10-12-22-31(28)38-36/h1-24H. The molecule has 0 aliphatic carbocycles. The second-order valence-corrected chi connectivity index (χ2v) is 9.97. The van der Waals surface area contributed by atoms with Gasteiger partial charge in [0.2, 0.25) is 0 Å². The van der Waals surface area contributed by atoms with Gasteiger partial charge in [0.05, 0.1) is 16.9 Å². The largest absolute Gasteiger partial charge is 0.454 e. The van der Waals surface area contributed by atoms with E-state index in [9.17, 15) is 0 Å². The summed E-state index contributed by atoms with van der Waals surface area (Å²) in [5.74, 6) is 0. The number of furan rings is 1. The number of para-hydroxylation sites is 4. The molecule has 0 spiro atoms. The zero-order valence-corrected chi connectivity index (χ0v) is 21.7. The lowest BCUT2D eigenvalue weighted by Gasteiger charge is -2.26. The lowest BCUT2D eigenvalue weighted by molar-refractivity contribution is 0.669. The van der Waals surface area contributed by atoms with Crippen LogP contribution in [-0.2, 0) is 0 Å². The van der Waals surface area contributed by atoms with E-state index in [1.54, 1.807) is 0 Å². The molecule has 0 amide bonds. The van der Waals surface area contributed by atoms with Crippen molar-refractivity contribution in [2.24, 2.45) is 0 Å². The Labute approximate surface area is 231 Å². The molecule has 3 heteroatoms. The maximum Gasteiger partial charge on any atom is 0.160 e. The highest BCUT2D eigenvalue weighted by atomic mass is 16.3. The Kier molecular flexibility index (Phi) is 5.14. The van der Waals surface area contributed by atoms with Crippen LogP contribution in [-0.4, -0.2) is 4.98 Å². The summed E-state index contributed by atoms with van der Waals surface area (Å²) in [4.78, 5) is 7.53. The minimum Gasteiger partial charge on any atom is -0.454 e. The number of pyridine rings is 1. The number of benzene rings is 6. The molecule has 0 saturated carbocycles. The van der Waals surface area contributed by atoms with Crippen LogP contribution in [0.2, 0.25) is 0 Å². The van der Waals surface area contributed by atoms with Gasteiger partial charge in [-0.15, -0.1) is 0 Å². The quantitative estimate of drug-likeness (QED) is 0.220. The summed E-state index contributed by atoms with van der Waals surface area (Å²) >= 11 is 0. The number of hydrogen-bond acceptors (Lipinski definition) is 3. The monoisotopic (exact) mass is 512 g/mol. The van der Waals surface area contributed by atoms with Crippen molar-refractivity contribution in [2.45, 2.75) is 0 Å². The molecule has 0 radical (unpaired) electrons.